The molecule has 0 spiro atoms. The fraction of sp³-hybridized carbons (Fsp3) is 0.444. The third kappa shape index (κ3) is 6.16. The summed E-state index contributed by atoms with van der Waals surface area (Å²) in [7, 11) is 0. The van der Waals surface area contributed by atoms with Crippen molar-refractivity contribution in [3.63, 3.8) is 0 Å². The lowest BCUT2D eigenvalue weighted by Gasteiger charge is -2.28. The summed E-state index contributed by atoms with van der Waals surface area (Å²) in [5.41, 5.74) is 3.38. The van der Waals surface area contributed by atoms with Gasteiger partial charge in [0.2, 0.25) is 5.91 Å². The molecule has 7 nitrogen and oxygen atoms in total. The number of nitrogens with one attached hydrogen (secondary N) is 2. The van der Waals surface area contributed by atoms with Crippen LogP contribution in [-0.4, -0.2) is 42.8 Å². The molecule has 0 bridgehead atoms. The summed E-state index contributed by atoms with van der Waals surface area (Å²) in [6.45, 7) is 7.98. The lowest BCUT2D eigenvalue weighted by atomic mass is 9.86. The number of alkyl carbamates (subject to hydrolysis) is 1. The molecule has 0 heterocycles. The normalized spacial score (nSPS) is 13.1. The Labute approximate surface area is 200 Å². The molecule has 0 unspecified atom stereocenters. The van der Waals surface area contributed by atoms with Crippen molar-refractivity contribution < 1.29 is 24.2 Å². The lowest BCUT2D eigenvalue weighted by Crippen LogP contribution is -2.43. The number of carbonyl (C=O) groups excluding carboxylic acids is 2. The molecular weight excluding hydrogens is 432 g/mol. The van der Waals surface area contributed by atoms with E-state index in [1.165, 1.54) is 11.1 Å². The van der Waals surface area contributed by atoms with E-state index in [-0.39, 0.29) is 37.9 Å². The second kappa shape index (κ2) is 10.3. The number of aliphatic carboxylic acids is 1. The van der Waals surface area contributed by atoms with Crippen LogP contribution in [0.15, 0.2) is 48.5 Å². The van der Waals surface area contributed by atoms with Crippen molar-refractivity contribution in [3.8, 4) is 11.1 Å². The summed E-state index contributed by atoms with van der Waals surface area (Å²) in [6, 6.07) is 16.3. The van der Waals surface area contributed by atoms with Crippen LogP contribution in [0, 0.1) is 10.8 Å². The standard InChI is InChI=1S/C27H34N2O5/c1-26(2,15-23(30)31)17-29-24(32)27(3,4)13-14-28-25(33)34-16-22-20-11-7-5-9-18(20)19-10-6-8-12-21(19)22/h5-12,22H,13-17H2,1-4H3,(H,28,33)(H,29,32)(H,30,31). The molecule has 1 aliphatic carbocycles. The Bertz CT molecular complexity index is 1010. The molecule has 7 heteroatoms. The maximum atomic E-state index is 12.6. The predicted octanol–water partition coefficient (Wildman–Crippen LogP) is 4.56. The number of benzene rings is 2. The number of rotatable bonds is 10. The van der Waals surface area contributed by atoms with Gasteiger partial charge in [-0.15, -0.1) is 0 Å². The molecule has 2 aromatic rings. The quantitative estimate of drug-likeness (QED) is 0.476. The Morgan fingerprint density at radius 1 is 0.912 bits per heavy atom. The molecule has 0 saturated carbocycles. The van der Waals surface area contributed by atoms with Crippen LogP contribution >= 0.6 is 0 Å². The zero-order chi connectivity index (χ0) is 24.9. The number of fused-ring (bicyclic) bond motifs is 3. The Morgan fingerprint density at radius 3 is 2.03 bits per heavy atom. The molecule has 3 N–H and O–H groups in total. The second-order valence-electron chi connectivity index (χ2n) is 10.3. The molecule has 34 heavy (non-hydrogen) atoms. The minimum atomic E-state index is -0.897. The van der Waals surface area contributed by atoms with Gasteiger partial charge < -0.3 is 20.5 Å². The van der Waals surface area contributed by atoms with Crippen LogP contribution in [0.2, 0.25) is 0 Å². The lowest BCUT2D eigenvalue weighted by molar-refractivity contribution is -0.140. The van der Waals surface area contributed by atoms with Crippen LogP contribution in [0.25, 0.3) is 11.1 Å². The molecule has 0 aliphatic heterocycles. The van der Waals surface area contributed by atoms with E-state index in [2.05, 4.69) is 34.9 Å². The molecule has 0 aromatic heterocycles. The molecule has 3 rings (SSSR count). The fourth-order valence-electron chi connectivity index (χ4n) is 4.27. The summed E-state index contributed by atoms with van der Waals surface area (Å²) in [4.78, 5) is 35.9. The molecule has 1 aliphatic rings. The maximum Gasteiger partial charge on any atom is 0.407 e. The third-order valence-electron chi connectivity index (χ3n) is 6.33. The Morgan fingerprint density at radius 2 is 1.47 bits per heavy atom. The Kier molecular flexibility index (Phi) is 7.64. The van der Waals surface area contributed by atoms with Gasteiger partial charge in [0.05, 0.1) is 6.42 Å². The number of hydrogen-bond donors (Lipinski definition) is 3. The number of amides is 2. The van der Waals surface area contributed by atoms with Crippen molar-refractivity contribution in [1.82, 2.24) is 10.6 Å². The summed E-state index contributed by atoms with van der Waals surface area (Å²) in [6.07, 6.45) is -0.125. The summed E-state index contributed by atoms with van der Waals surface area (Å²) < 4.78 is 5.54. The van der Waals surface area contributed by atoms with E-state index in [4.69, 9.17) is 9.84 Å². The van der Waals surface area contributed by atoms with Gasteiger partial charge in [0.25, 0.3) is 0 Å². The van der Waals surface area contributed by atoms with Gasteiger partial charge in [-0.3, -0.25) is 9.59 Å². The van der Waals surface area contributed by atoms with Gasteiger partial charge in [-0.2, -0.15) is 0 Å². The van der Waals surface area contributed by atoms with Crippen molar-refractivity contribution in [2.24, 2.45) is 10.8 Å². The molecule has 2 amide bonds. The van der Waals surface area contributed by atoms with Crippen molar-refractivity contribution in [2.75, 3.05) is 19.7 Å². The molecule has 2 aromatic carbocycles. The summed E-state index contributed by atoms with van der Waals surface area (Å²) >= 11 is 0. The van der Waals surface area contributed by atoms with Gasteiger partial charge in [-0.05, 0) is 34.1 Å². The topological polar surface area (TPSA) is 105 Å². The van der Waals surface area contributed by atoms with Gasteiger partial charge in [-0.1, -0.05) is 76.2 Å². The van der Waals surface area contributed by atoms with Gasteiger partial charge in [0.15, 0.2) is 0 Å². The van der Waals surface area contributed by atoms with Gasteiger partial charge in [0.1, 0.15) is 6.61 Å². The highest BCUT2D eigenvalue weighted by Crippen LogP contribution is 2.44. The van der Waals surface area contributed by atoms with Crippen LogP contribution in [0.1, 0.15) is 57.6 Å². The minimum absolute atomic E-state index is 0.00507. The van der Waals surface area contributed by atoms with Crippen LogP contribution < -0.4 is 10.6 Å². The zero-order valence-electron chi connectivity index (χ0n) is 20.3. The number of hydrogen-bond acceptors (Lipinski definition) is 4. The highest BCUT2D eigenvalue weighted by atomic mass is 16.5. The zero-order valence-corrected chi connectivity index (χ0v) is 20.3. The first-order valence-corrected chi connectivity index (χ1v) is 11.6. The van der Waals surface area contributed by atoms with Crippen LogP contribution in [0.5, 0.6) is 0 Å². The summed E-state index contributed by atoms with van der Waals surface area (Å²) in [5, 5.41) is 14.6. The minimum Gasteiger partial charge on any atom is -0.481 e. The second-order valence-corrected chi connectivity index (χ2v) is 10.3. The van der Waals surface area contributed by atoms with Crippen molar-refractivity contribution in [3.05, 3.63) is 59.7 Å². The van der Waals surface area contributed by atoms with Crippen molar-refractivity contribution in [2.45, 2.75) is 46.5 Å². The Balaban J connectivity index is 1.46. The number of carboxylic acid groups (broad SMARTS) is 1. The van der Waals surface area contributed by atoms with E-state index in [1.807, 2.05) is 24.3 Å². The van der Waals surface area contributed by atoms with Gasteiger partial charge >= 0.3 is 12.1 Å². The van der Waals surface area contributed by atoms with Gasteiger partial charge in [-0.25, -0.2) is 4.79 Å². The molecule has 182 valence electrons. The van der Waals surface area contributed by atoms with Gasteiger partial charge in [0, 0.05) is 24.4 Å². The number of carbonyl (C=O) groups is 3. The molecule has 0 fully saturated rings. The fourth-order valence-corrected chi connectivity index (χ4v) is 4.27. The smallest absolute Gasteiger partial charge is 0.407 e. The van der Waals surface area contributed by atoms with Crippen molar-refractivity contribution in [1.29, 1.82) is 0 Å². The van der Waals surface area contributed by atoms with Crippen LogP contribution in [0.4, 0.5) is 4.79 Å². The van der Waals surface area contributed by atoms with E-state index in [0.717, 1.165) is 11.1 Å². The first-order valence-electron chi connectivity index (χ1n) is 11.6. The van der Waals surface area contributed by atoms with E-state index < -0.39 is 22.9 Å². The SMILES string of the molecule is CC(C)(CNC(=O)C(C)(C)CCNC(=O)OCC1c2ccccc2-c2ccccc21)CC(=O)O. The maximum absolute atomic E-state index is 12.6. The van der Waals surface area contributed by atoms with E-state index >= 15 is 0 Å². The van der Waals surface area contributed by atoms with E-state index in [1.54, 1.807) is 27.7 Å². The highest BCUT2D eigenvalue weighted by molar-refractivity contribution is 5.82. The van der Waals surface area contributed by atoms with Crippen molar-refractivity contribution >= 4 is 18.0 Å². The van der Waals surface area contributed by atoms with E-state index in [0.29, 0.717) is 6.42 Å². The van der Waals surface area contributed by atoms with Crippen LogP contribution in [0.3, 0.4) is 0 Å². The number of carboxylic acids is 1. The first-order chi connectivity index (χ1) is 16.0. The Hall–Kier alpha value is -3.35. The molecule has 0 saturated heterocycles. The van der Waals surface area contributed by atoms with E-state index in [9.17, 15) is 14.4 Å². The summed E-state index contributed by atoms with van der Waals surface area (Å²) in [5.74, 6) is -1.08. The monoisotopic (exact) mass is 466 g/mol. The largest absolute Gasteiger partial charge is 0.481 e. The number of ether oxygens (including phenoxy) is 1. The third-order valence-corrected chi connectivity index (χ3v) is 6.33. The predicted molar refractivity (Wildman–Crippen MR) is 131 cm³/mol. The average molecular weight is 467 g/mol. The molecule has 0 atom stereocenters. The van der Waals surface area contributed by atoms with Crippen LogP contribution in [-0.2, 0) is 14.3 Å². The average Bonchev–Trinajstić information content (AvgIpc) is 3.09. The highest BCUT2D eigenvalue weighted by Gasteiger charge is 2.31. The molecular formula is C27H34N2O5. The first kappa shape index (κ1) is 25.3. The molecule has 0 radical (unpaired) electrons.